The Balaban J connectivity index is 1.42. The highest BCUT2D eigenvalue weighted by molar-refractivity contribution is 7.98. The zero-order chi connectivity index (χ0) is 32.9. The number of nitriles is 1. The molecule has 3 aromatic rings. The number of hydrogen-bond donors (Lipinski definition) is 0. The fourth-order valence-electron chi connectivity index (χ4n) is 5.16. The summed E-state index contributed by atoms with van der Waals surface area (Å²) in [6, 6.07) is 27.0. The fourth-order valence-corrected chi connectivity index (χ4v) is 5.91. The number of carbonyl (C=O) groups is 3. The molecule has 11 nitrogen and oxygen atoms in total. The number of fused-ring (bicyclic) bond motifs is 1. The van der Waals surface area contributed by atoms with Crippen molar-refractivity contribution in [3.8, 4) is 17.5 Å². The normalized spacial score (nSPS) is 18.7. The van der Waals surface area contributed by atoms with Gasteiger partial charge in [-0.2, -0.15) is 5.26 Å². The Morgan fingerprint density at radius 2 is 1.40 bits per heavy atom. The van der Waals surface area contributed by atoms with Crippen molar-refractivity contribution in [1.29, 1.82) is 5.26 Å². The average Bonchev–Trinajstić information content (AvgIpc) is 3.66. The Morgan fingerprint density at radius 3 is 1.94 bits per heavy atom. The van der Waals surface area contributed by atoms with Crippen LogP contribution in [-0.4, -0.2) is 63.6 Å². The Morgan fingerprint density at radius 1 is 0.872 bits per heavy atom. The minimum Gasteiger partial charge on any atom is -0.459 e. The Kier molecular flexibility index (Phi) is 9.49. The van der Waals surface area contributed by atoms with Crippen LogP contribution in [0.4, 0.5) is 0 Å². The molecule has 1 fully saturated rings. The smallest absolute Gasteiger partial charge is 0.338 e. The predicted octanol–water partition coefficient (Wildman–Crippen LogP) is 5.84. The third-order valence-electron chi connectivity index (χ3n) is 7.40. The van der Waals surface area contributed by atoms with Crippen LogP contribution in [0, 0.1) is 11.3 Å². The summed E-state index contributed by atoms with van der Waals surface area (Å²) in [6.45, 7) is -0.366. The van der Waals surface area contributed by atoms with E-state index in [1.807, 2.05) is 0 Å². The molecule has 0 radical (unpaired) electrons. The number of aromatic nitrogens is 3. The summed E-state index contributed by atoms with van der Waals surface area (Å²) < 4.78 is 25.5. The first-order valence-corrected chi connectivity index (χ1v) is 15.9. The summed E-state index contributed by atoms with van der Waals surface area (Å²) in [5, 5.41) is 10.4. The second-order valence-corrected chi connectivity index (χ2v) is 11.4. The van der Waals surface area contributed by atoms with E-state index in [2.05, 4.69) is 16.0 Å². The van der Waals surface area contributed by atoms with E-state index in [0.717, 1.165) is 0 Å². The molecular formula is C34H25ClN4O7S. The summed E-state index contributed by atoms with van der Waals surface area (Å²) >= 11 is 7.69. The SMILES string of the molecule is CSc1nc2n([C@@H]3O[C@H](COC(=O)c4ccccc4)[C@@H](OC(=O)c4ccccc4)[C@H]3OC(=O)c3ccccc3)cnc(Cl)c-2c1C#N. The molecule has 1 saturated heterocycles. The molecule has 3 heterocycles. The van der Waals surface area contributed by atoms with E-state index in [0.29, 0.717) is 10.6 Å². The van der Waals surface area contributed by atoms with Crippen LogP contribution in [0.5, 0.6) is 0 Å². The van der Waals surface area contributed by atoms with Crippen LogP contribution in [-0.2, 0) is 18.9 Å². The molecule has 0 amide bonds. The number of rotatable bonds is 9. The first-order chi connectivity index (χ1) is 22.9. The Bertz CT molecular complexity index is 1920. The molecule has 47 heavy (non-hydrogen) atoms. The molecule has 0 unspecified atom stereocenters. The van der Waals surface area contributed by atoms with Gasteiger partial charge in [0, 0.05) is 0 Å². The third-order valence-corrected chi connectivity index (χ3v) is 8.37. The molecular weight excluding hydrogens is 644 g/mol. The van der Waals surface area contributed by atoms with Gasteiger partial charge in [0.15, 0.2) is 18.4 Å². The molecule has 0 saturated carbocycles. The quantitative estimate of drug-likeness (QED) is 0.0809. The summed E-state index contributed by atoms with van der Waals surface area (Å²) in [6.07, 6.45) is -1.79. The summed E-state index contributed by atoms with van der Waals surface area (Å²) in [7, 11) is 0. The van der Waals surface area contributed by atoms with Crippen LogP contribution < -0.4 is 0 Å². The lowest BCUT2D eigenvalue weighted by atomic mass is 10.1. The molecule has 0 spiro atoms. The van der Waals surface area contributed by atoms with Crippen molar-refractivity contribution in [3.63, 3.8) is 0 Å². The van der Waals surface area contributed by atoms with Crippen LogP contribution in [0.15, 0.2) is 102 Å². The Labute approximate surface area is 278 Å². The number of halogens is 1. The molecule has 3 aliphatic rings. The van der Waals surface area contributed by atoms with E-state index < -0.39 is 42.4 Å². The van der Waals surface area contributed by atoms with Crippen LogP contribution in [0.2, 0.25) is 5.15 Å². The summed E-state index contributed by atoms with van der Waals surface area (Å²) in [4.78, 5) is 48.7. The number of ether oxygens (including phenoxy) is 4. The highest BCUT2D eigenvalue weighted by Gasteiger charge is 2.52. The standard InChI is InChI=1S/C34H25ClN4O7S/c1-47-30-23(17-36)25-28(35)37-19-39(29(25)38-30)31-27(46-34(42)22-15-9-4-10-16-22)26(45-33(41)21-13-7-3-8-14-21)24(44-31)18-43-32(40)20-11-5-2-6-12-20/h2-16,19,24,26-27,31H,18H2,1H3/t24-,26-,27-,31-/m1/s1. The van der Waals surface area contributed by atoms with Gasteiger partial charge in [-0.3, -0.25) is 4.57 Å². The maximum Gasteiger partial charge on any atom is 0.338 e. The molecule has 0 aliphatic carbocycles. The van der Waals surface area contributed by atoms with Gasteiger partial charge in [0.25, 0.3) is 0 Å². The topological polar surface area (TPSA) is 143 Å². The van der Waals surface area contributed by atoms with Crippen LogP contribution in [0.25, 0.3) is 11.4 Å². The monoisotopic (exact) mass is 668 g/mol. The maximum atomic E-state index is 13.5. The molecule has 3 aliphatic heterocycles. The Hall–Kier alpha value is -5.22. The van der Waals surface area contributed by atoms with Crippen molar-refractivity contribution in [2.75, 3.05) is 12.9 Å². The van der Waals surface area contributed by atoms with Crippen LogP contribution in [0.3, 0.4) is 0 Å². The van der Waals surface area contributed by atoms with Gasteiger partial charge in [0.2, 0.25) is 0 Å². The van der Waals surface area contributed by atoms with E-state index in [9.17, 15) is 19.6 Å². The lowest BCUT2D eigenvalue weighted by molar-refractivity contribution is -0.0622. The number of carbonyl (C=O) groups excluding carboxylic acids is 3. The fraction of sp³-hybridized carbons (Fsp3) is 0.176. The average molecular weight is 669 g/mol. The minimum atomic E-state index is -1.30. The molecule has 4 atom stereocenters. The van der Waals surface area contributed by atoms with Gasteiger partial charge in [-0.1, -0.05) is 66.2 Å². The van der Waals surface area contributed by atoms with Crippen molar-refractivity contribution in [2.45, 2.75) is 29.6 Å². The number of hydrogen-bond acceptors (Lipinski definition) is 11. The van der Waals surface area contributed by atoms with Gasteiger partial charge in [0.1, 0.15) is 41.1 Å². The van der Waals surface area contributed by atoms with E-state index in [4.69, 9.17) is 30.5 Å². The largest absolute Gasteiger partial charge is 0.459 e. The molecule has 6 rings (SSSR count). The van der Waals surface area contributed by atoms with Crippen molar-refractivity contribution in [1.82, 2.24) is 14.5 Å². The number of benzene rings is 3. The van der Waals surface area contributed by atoms with E-state index in [1.165, 1.54) is 22.7 Å². The van der Waals surface area contributed by atoms with Crippen LogP contribution in [0.1, 0.15) is 42.9 Å². The van der Waals surface area contributed by atoms with Crippen molar-refractivity contribution < 1.29 is 33.3 Å². The highest BCUT2D eigenvalue weighted by Crippen LogP contribution is 2.42. The lowest BCUT2D eigenvalue weighted by Gasteiger charge is -2.26. The molecule has 0 N–H and O–H groups in total. The summed E-state index contributed by atoms with van der Waals surface area (Å²) in [5.74, 6) is -1.84. The number of thioether (sulfide) groups is 1. The zero-order valence-electron chi connectivity index (χ0n) is 24.7. The minimum absolute atomic E-state index is 0.0387. The molecule has 236 valence electrons. The van der Waals surface area contributed by atoms with Crippen molar-refractivity contribution in [2.24, 2.45) is 0 Å². The van der Waals surface area contributed by atoms with Gasteiger partial charge in [-0.25, -0.2) is 24.4 Å². The third kappa shape index (κ3) is 6.55. The number of esters is 3. The van der Waals surface area contributed by atoms with Crippen molar-refractivity contribution >= 4 is 41.3 Å². The zero-order valence-corrected chi connectivity index (χ0v) is 26.3. The first-order valence-electron chi connectivity index (χ1n) is 14.3. The van der Waals surface area contributed by atoms with E-state index in [-0.39, 0.29) is 39.8 Å². The van der Waals surface area contributed by atoms with E-state index >= 15 is 0 Å². The van der Waals surface area contributed by atoms with Crippen LogP contribution >= 0.6 is 23.4 Å². The second kappa shape index (κ2) is 14.0. The van der Waals surface area contributed by atoms with Gasteiger partial charge in [-0.15, -0.1) is 11.8 Å². The van der Waals surface area contributed by atoms with Gasteiger partial charge in [-0.05, 0) is 42.7 Å². The molecule has 0 aromatic heterocycles. The lowest BCUT2D eigenvalue weighted by Crippen LogP contribution is -2.41. The van der Waals surface area contributed by atoms with E-state index in [1.54, 1.807) is 97.3 Å². The maximum absolute atomic E-state index is 13.5. The van der Waals surface area contributed by atoms with Gasteiger partial charge < -0.3 is 18.9 Å². The molecule has 0 bridgehead atoms. The number of nitrogens with zero attached hydrogens (tertiary/aromatic N) is 4. The highest BCUT2D eigenvalue weighted by atomic mass is 35.5. The molecule has 3 aromatic carbocycles. The van der Waals surface area contributed by atoms with Gasteiger partial charge >= 0.3 is 17.9 Å². The van der Waals surface area contributed by atoms with Crippen molar-refractivity contribution in [3.05, 3.63) is 125 Å². The predicted molar refractivity (Wildman–Crippen MR) is 170 cm³/mol. The first kappa shape index (κ1) is 31.7. The summed E-state index contributed by atoms with van der Waals surface area (Å²) in [5.41, 5.74) is 1.28. The van der Waals surface area contributed by atoms with Gasteiger partial charge in [0.05, 0.1) is 27.8 Å². The molecule has 13 heteroatoms. The second-order valence-electron chi connectivity index (χ2n) is 10.3.